The number of carbonyl (C=O) groups is 2. The van der Waals surface area contributed by atoms with Gasteiger partial charge in [0.15, 0.2) is 11.5 Å². The summed E-state index contributed by atoms with van der Waals surface area (Å²) in [6.07, 6.45) is 1.68. The molecule has 0 saturated heterocycles. The van der Waals surface area contributed by atoms with Gasteiger partial charge in [-0.1, -0.05) is 37.1 Å². The molecule has 2 aromatic carbocycles. The zero-order valence-corrected chi connectivity index (χ0v) is 16.9. The van der Waals surface area contributed by atoms with Crippen LogP contribution >= 0.6 is 0 Å². The maximum absolute atomic E-state index is 13.2. The fraction of sp³-hybridized carbons (Fsp3) is 0.304. The van der Waals surface area contributed by atoms with Crippen LogP contribution in [0.3, 0.4) is 0 Å². The number of amides is 2. The molecule has 0 aromatic heterocycles. The highest BCUT2D eigenvalue weighted by Gasteiger charge is 2.39. The average molecular weight is 392 g/mol. The number of nitrogens with zero attached hydrogens (tertiary/aromatic N) is 1. The molecule has 2 aliphatic rings. The predicted octanol–water partition coefficient (Wildman–Crippen LogP) is 4.02. The van der Waals surface area contributed by atoms with Crippen LogP contribution in [0.4, 0.5) is 5.69 Å². The Morgan fingerprint density at radius 3 is 2.55 bits per heavy atom. The van der Waals surface area contributed by atoms with Gasteiger partial charge in [-0.15, -0.1) is 0 Å². The van der Waals surface area contributed by atoms with Crippen molar-refractivity contribution >= 4 is 23.1 Å². The third-order valence-corrected chi connectivity index (χ3v) is 5.20. The molecular formula is C23H24N2O4. The Hall–Kier alpha value is -3.28. The molecule has 150 valence electrons. The predicted molar refractivity (Wildman–Crippen MR) is 111 cm³/mol. The number of nitrogens with one attached hydrogen (secondary N) is 1. The van der Waals surface area contributed by atoms with E-state index in [1.54, 1.807) is 12.1 Å². The van der Waals surface area contributed by atoms with Gasteiger partial charge in [0.05, 0.1) is 5.57 Å². The second-order valence-electron chi connectivity index (χ2n) is 7.38. The second kappa shape index (κ2) is 7.62. The zero-order valence-electron chi connectivity index (χ0n) is 16.9. The minimum absolute atomic E-state index is 0.178. The highest BCUT2D eigenvalue weighted by Crippen LogP contribution is 2.37. The van der Waals surface area contributed by atoms with E-state index in [0.717, 1.165) is 29.5 Å². The summed E-state index contributed by atoms with van der Waals surface area (Å²) in [5.41, 5.74) is 4.24. The number of anilines is 1. The summed E-state index contributed by atoms with van der Waals surface area (Å²) < 4.78 is 10.8. The maximum atomic E-state index is 13.2. The van der Waals surface area contributed by atoms with Crippen molar-refractivity contribution in [3.05, 3.63) is 58.8 Å². The van der Waals surface area contributed by atoms with Crippen molar-refractivity contribution in [2.24, 2.45) is 0 Å². The quantitative estimate of drug-likeness (QED) is 0.752. The van der Waals surface area contributed by atoms with E-state index in [1.165, 1.54) is 4.90 Å². The monoisotopic (exact) mass is 392 g/mol. The van der Waals surface area contributed by atoms with E-state index < -0.39 is 0 Å². The van der Waals surface area contributed by atoms with Crippen LogP contribution in [0, 0.1) is 13.8 Å². The van der Waals surface area contributed by atoms with E-state index in [9.17, 15) is 9.59 Å². The van der Waals surface area contributed by atoms with Gasteiger partial charge in [0.2, 0.25) is 6.79 Å². The number of fused-ring (bicyclic) bond motifs is 1. The lowest BCUT2D eigenvalue weighted by Gasteiger charge is -2.14. The lowest BCUT2D eigenvalue weighted by atomic mass is 9.97. The molecule has 29 heavy (non-hydrogen) atoms. The number of hydrogen-bond acceptors (Lipinski definition) is 5. The summed E-state index contributed by atoms with van der Waals surface area (Å²) in [5, 5.41) is 3.18. The fourth-order valence-corrected chi connectivity index (χ4v) is 3.67. The van der Waals surface area contributed by atoms with Crippen LogP contribution in [0.5, 0.6) is 11.5 Å². The van der Waals surface area contributed by atoms with Gasteiger partial charge in [0.1, 0.15) is 5.70 Å². The van der Waals surface area contributed by atoms with E-state index in [2.05, 4.69) is 5.32 Å². The minimum Gasteiger partial charge on any atom is -0.454 e. The lowest BCUT2D eigenvalue weighted by Crippen LogP contribution is -2.33. The molecule has 1 N–H and O–H groups in total. The normalized spacial score (nSPS) is 15.5. The Morgan fingerprint density at radius 2 is 1.79 bits per heavy atom. The molecule has 0 radical (unpaired) electrons. The third kappa shape index (κ3) is 3.46. The molecule has 0 bridgehead atoms. The number of rotatable bonds is 6. The Bertz CT molecular complexity index is 1030. The van der Waals surface area contributed by atoms with Crippen LogP contribution in [-0.2, 0) is 9.59 Å². The van der Waals surface area contributed by atoms with E-state index >= 15 is 0 Å². The molecule has 2 heterocycles. The van der Waals surface area contributed by atoms with Crippen molar-refractivity contribution in [3.63, 3.8) is 0 Å². The average Bonchev–Trinajstić information content (AvgIpc) is 3.24. The second-order valence-corrected chi connectivity index (χ2v) is 7.38. The van der Waals surface area contributed by atoms with Gasteiger partial charge in [-0.05, 0) is 43.5 Å². The van der Waals surface area contributed by atoms with E-state index in [4.69, 9.17) is 9.47 Å². The number of unbranched alkanes of at least 4 members (excludes halogenated alkanes) is 1. The Morgan fingerprint density at radius 1 is 1.00 bits per heavy atom. The Kier molecular flexibility index (Phi) is 5.01. The molecule has 0 aliphatic carbocycles. The van der Waals surface area contributed by atoms with Gasteiger partial charge in [0, 0.05) is 18.3 Å². The summed E-state index contributed by atoms with van der Waals surface area (Å²) in [5.74, 6) is 0.732. The molecule has 2 aromatic rings. The fourth-order valence-electron chi connectivity index (χ4n) is 3.67. The number of ether oxygens (including phenoxy) is 2. The van der Waals surface area contributed by atoms with Crippen LogP contribution in [0.25, 0.3) is 5.57 Å². The van der Waals surface area contributed by atoms with Crippen molar-refractivity contribution in [2.45, 2.75) is 33.6 Å². The molecule has 2 amide bonds. The van der Waals surface area contributed by atoms with E-state index in [0.29, 0.717) is 35.0 Å². The smallest absolute Gasteiger partial charge is 0.278 e. The molecule has 2 aliphatic heterocycles. The topological polar surface area (TPSA) is 67.9 Å². The number of carbonyl (C=O) groups excluding carboxylic acids is 2. The molecule has 0 fully saturated rings. The summed E-state index contributed by atoms with van der Waals surface area (Å²) in [7, 11) is 0. The van der Waals surface area contributed by atoms with Gasteiger partial charge in [-0.25, -0.2) is 0 Å². The molecule has 4 rings (SSSR count). The summed E-state index contributed by atoms with van der Waals surface area (Å²) >= 11 is 0. The standard InChI is InChI=1S/C23H24N2O4/c1-4-5-10-25-22(26)20(17-8-6-14(2)11-15(17)3)21(23(25)27)24-16-7-9-18-19(12-16)29-13-28-18/h6-9,11-12,24H,4-5,10,13H2,1-3H3. The largest absolute Gasteiger partial charge is 0.454 e. The summed E-state index contributed by atoms with van der Waals surface area (Å²) in [6.45, 7) is 6.59. The van der Waals surface area contributed by atoms with Crippen molar-refractivity contribution in [1.29, 1.82) is 0 Å². The molecule has 6 heteroatoms. The molecule has 6 nitrogen and oxygen atoms in total. The molecular weight excluding hydrogens is 368 g/mol. The first-order chi connectivity index (χ1) is 14.0. The van der Waals surface area contributed by atoms with Crippen molar-refractivity contribution in [2.75, 3.05) is 18.7 Å². The van der Waals surface area contributed by atoms with Crippen molar-refractivity contribution < 1.29 is 19.1 Å². The lowest BCUT2D eigenvalue weighted by molar-refractivity contribution is -0.136. The number of aryl methyl sites for hydroxylation is 2. The van der Waals surface area contributed by atoms with Gasteiger partial charge in [-0.3, -0.25) is 14.5 Å². The first kappa shape index (κ1) is 19.1. The van der Waals surface area contributed by atoms with Crippen molar-refractivity contribution in [1.82, 2.24) is 4.90 Å². The third-order valence-electron chi connectivity index (χ3n) is 5.20. The van der Waals surface area contributed by atoms with Crippen LogP contribution in [0.1, 0.15) is 36.5 Å². The van der Waals surface area contributed by atoms with Gasteiger partial charge < -0.3 is 14.8 Å². The van der Waals surface area contributed by atoms with Gasteiger partial charge in [-0.2, -0.15) is 0 Å². The Labute approximate surface area is 170 Å². The van der Waals surface area contributed by atoms with Crippen LogP contribution in [-0.4, -0.2) is 30.1 Å². The zero-order chi connectivity index (χ0) is 20.5. The van der Waals surface area contributed by atoms with Gasteiger partial charge in [0.25, 0.3) is 11.8 Å². The highest BCUT2D eigenvalue weighted by atomic mass is 16.7. The molecule has 0 atom stereocenters. The summed E-state index contributed by atoms with van der Waals surface area (Å²) in [6, 6.07) is 11.3. The molecule has 0 spiro atoms. The van der Waals surface area contributed by atoms with E-state index in [1.807, 2.05) is 45.0 Å². The van der Waals surface area contributed by atoms with Crippen molar-refractivity contribution in [3.8, 4) is 11.5 Å². The first-order valence-electron chi connectivity index (χ1n) is 9.84. The van der Waals surface area contributed by atoms with Crippen LogP contribution in [0.2, 0.25) is 0 Å². The first-order valence-corrected chi connectivity index (χ1v) is 9.84. The minimum atomic E-state index is -0.295. The SMILES string of the molecule is CCCCN1C(=O)C(Nc2ccc3c(c2)OCO3)=C(c2ccc(C)cc2C)C1=O. The number of benzene rings is 2. The van der Waals surface area contributed by atoms with Gasteiger partial charge >= 0.3 is 0 Å². The van der Waals surface area contributed by atoms with E-state index in [-0.39, 0.29) is 18.6 Å². The maximum Gasteiger partial charge on any atom is 0.278 e. The Balaban J connectivity index is 1.76. The molecule has 0 saturated carbocycles. The summed E-state index contributed by atoms with van der Waals surface area (Å²) in [4.78, 5) is 27.7. The van der Waals surface area contributed by atoms with Crippen LogP contribution < -0.4 is 14.8 Å². The molecule has 0 unspecified atom stereocenters. The number of imide groups is 1. The number of hydrogen-bond donors (Lipinski definition) is 1. The highest BCUT2D eigenvalue weighted by molar-refractivity contribution is 6.36. The van der Waals surface area contributed by atoms with Crippen LogP contribution in [0.15, 0.2) is 42.1 Å².